The van der Waals surface area contributed by atoms with Gasteiger partial charge in [-0.25, -0.2) is 4.39 Å². The van der Waals surface area contributed by atoms with Crippen LogP contribution in [-0.2, 0) is 0 Å². The van der Waals surface area contributed by atoms with E-state index in [2.05, 4.69) is 0 Å². The average Bonchev–Trinajstić information content (AvgIpc) is 2.50. The molecule has 3 aromatic carbocycles. The zero-order valence-electron chi connectivity index (χ0n) is 11.0. The summed E-state index contributed by atoms with van der Waals surface area (Å²) in [7, 11) is 0. The Bertz CT molecular complexity index is 817. The summed E-state index contributed by atoms with van der Waals surface area (Å²) >= 11 is 12.2. The largest absolute Gasteiger partial charge is 0.320 e. The smallest absolute Gasteiger partial charge is 0.131 e. The molecule has 3 aromatic rings. The summed E-state index contributed by atoms with van der Waals surface area (Å²) in [6.07, 6.45) is 0. The normalized spacial score (nSPS) is 12.6. The van der Waals surface area contributed by atoms with Crippen molar-refractivity contribution >= 4 is 34.0 Å². The molecule has 0 amide bonds. The molecule has 0 aliphatic rings. The lowest BCUT2D eigenvalue weighted by molar-refractivity contribution is 0.639. The molecule has 0 saturated heterocycles. The van der Waals surface area contributed by atoms with Crippen LogP contribution in [0.5, 0.6) is 0 Å². The minimum absolute atomic E-state index is 0.265. The highest BCUT2D eigenvalue weighted by Gasteiger charge is 2.16. The first-order valence-corrected chi connectivity index (χ1v) is 7.21. The van der Waals surface area contributed by atoms with Crippen LogP contribution in [0.25, 0.3) is 10.8 Å². The molecule has 21 heavy (non-hydrogen) atoms. The van der Waals surface area contributed by atoms with Crippen molar-refractivity contribution in [2.24, 2.45) is 5.73 Å². The Kier molecular flexibility index (Phi) is 3.85. The Morgan fingerprint density at radius 2 is 1.57 bits per heavy atom. The molecule has 106 valence electrons. The number of rotatable bonds is 2. The highest BCUT2D eigenvalue weighted by molar-refractivity contribution is 6.33. The molecule has 4 heteroatoms. The number of halogens is 3. The van der Waals surface area contributed by atoms with Gasteiger partial charge in [-0.05, 0) is 40.8 Å². The van der Waals surface area contributed by atoms with Crippen LogP contribution in [0, 0.1) is 5.82 Å². The number of benzene rings is 3. The van der Waals surface area contributed by atoms with Crippen molar-refractivity contribution in [1.29, 1.82) is 0 Å². The third-order valence-corrected chi connectivity index (χ3v) is 4.11. The van der Waals surface area contributed by atoms with Crippen LogP contribution in [0.4, 0.5) is 4.39 Å². The monoisotopic (exact) mass is 319 g/mol. The molecular formula is C17H12Cl2FN. The Morgan fingerprint density at radius 1 is 0.857 bits per heavy atom. The molecule has 2 N–H and O–H groups in total. The summed E-state index contributed by atoms with van der Waals surface area (Å²) in [5, 5.41) is 2.43. The van der Waals surface area contributed by atoms with Gasteiger partial charge in [0.05, 0.1) is 6.04 Å². The molecule has 0 bridgehead atoms. The third-order valence-electron chi connectivity index (χ3n) is 3.53. The van der Waals surface area contributed by atoms with Gasteiger partial charge < -0.3 is 5.73 Å². The van der Waals surface area contributed by atoms with E-state index in [0.717, 1.165) is 16.5 Å². The van der Waals surface area contributed by atoms with E-state index in [1.807, 2.05) is 12.1 Å². The van der Waals surface area contributed by atoms with Crippen molar-refractivity contribution in [2.45, 2.75) is 6.04 Å². The zero-order valence-corrected chi connectivity index (χ0v) is 12.5. The second-order valence-electron chi connectivity index (χ2n) is 4.83. The quantitative estimate of drug-likeness (QED) is 0.678. The molecule has 1 unspecified atom stereocenters. The molecule has 0 aliphatic heterocycles. The molecule has 1 atom stereocenters. The standard InChI is InChI=1S/C17H12Cl2FN/c18-10-5-7-15(19)14(9-10)17(21)13-6-8-16(20)12-4-2-1-3-11(12)13/h1-9,17H,21H2. The van der Waals surface area contributed by atoms with Crippen molar-refractivity contribution < 1.29 is 4.39 Å². The zero-order chi connectivity index (χ0) is 15.0. The number of hydrogen-bond acceptors (Lipinski definition) is 1. The van der Waals surface area contributed by atoms with Crippen LogP contribution in [0.3, 0.4) is 0 Å². The molecule has 0 radical (unpaired) electrons. The maximum atomic E-state index is 13.9. The van der Waals surface area contributed by atoms with E-state index in [0.29, 0.717) is 15.4 Å². The van der Waals surface area contributed by atoms with E-state index < -0.39 is 6.04 Å². The fraction of sp³-hybridized carbons (Fsp3) is 0.0588. The molecule has 0 fully saturated rings. The number of fused-ring (bicyclic) bond motifs is 1. The Balaban J connectivity index is 2.20. The first kappa shape index (κ1) is 14.3. The predicted octanol–water partition coefficient (Wildman–Crippen LogP) is 5.33. The molecule has 0 aromatic heterocycles. The minimum atomic E-state index is -0.471. The predicted molar refractivity (Wildman–Crippen MR) is 86.4 cm³/mol. The van der Waals surface area contributed by atoms with Crippen LogP contribution >= 0.6 is 23.2 Å². The molecule has 0 aliphatic carbocycles. The van der Waals surface area contributed by atoms with Gasteiger partial charge in [0.2, 0.25) is 0 Å². The van der Waals surface area contributed by atoms with Crippen LogP contribution in [0.15, 0.2) is 54.6 Å². The molecule has 0 spiro atoms. The van der Waals surface area contributed by atoms with Gasteiger partial charge in [0, 0.05) is 15.4 Å². The first-order valence-electron chi connectivity index (χ1n) is 6.45. The van der Waals surface area contributed by atoms with Crippen molar-refractivity contribution in [3.05, 3.63) is 81.6 Å². The van der Waals surface area contributed by atoms with Crippen LogP contribution < -0.4 is 5.73 Å². The lowest BCUT2D eigenvalue weighted by atomic mass is 9.94. The molecule has 0 heterocycles. The van der Waals surface area contributed by atoms with E-state index >= 15 is 0 Å². The molecule has 1 nitrogen and oxygen atoms in total. The van der Waals surface area contributed by atoms with Gasteiger partial charge in [0.15, 0.2) is 0 Å². The van der Waals surface area contributed by atoms with E-state index in [1.165, 1.54) is 6.07 Å². The topological polar surface area (TPSA) is 26.0 Å². The van der Waals surface area contributed by atoms with E-state index in [4.69, 9.17) is 28.9 Å². The number of nitrogens with two attached hydrogens (primary N) is 1. The fourth-order valence-corrected chi connectivity index (χ4v) is 2.89. The summed E-state index contributed by atoms with van der Waals surface area (Å²) < 4.78 is 13.9. The van der Waals surface area contributed by atoms with Crippen molar-refractivity contribution in [1.82, 2.24) is 0 Å². The van der Waals surface area contributed by atoms with E-state index in [1.54, 1.807) is 36.4 Å². The SMILES string of the molecule is NC(c1cc(Cl)ccc1Cl)c1ccc(F)c2ccccc12. The maximum absolute atomic E-state index is 13.9. The summed E-state index contributed by atoms with van der Waals surface area (Å²) in [5.41, 5.74) is 7.88. The van der Waals surface area contributed by atoms with E-state index in [9.17, 15) is 4.39 Å². The van der Waals surface area contributed by atoms with Gasteiger partial charge >= 0.3 is 0 Å². The van der Waals surface area contributed by atoms with Crippen LogP contribution in [-0.4, -0.2) is 0 Å². The van der Waals surface area contributed by atoms with Crippen LogP contribution in [0.1, 0.15) is 17.2 Å². The lowest BCUT2D eigenvalue weighted by Gasteiger charge is -2.17. The first-order chi connectivity index (χ1) is 10.1. The van der Waals surface area contributed by atoms with Gasteiger partial charge in [-0.3, -0.25) is 0 Å². The number of hydrogen-bond donors (Lipinski definition) is 1. The van der Waals surface area contributed by atoms with Gasteiger partial charge in [0.25, 0.3) is 0 Å². The highest BCUT2D eigenvalue weighted by Crippen LogP contribution is 2.33. The van der Waals surface area contributed by atoms with Crippen molar-refractivity contribution in [2.75, 3.05) is 0 Å². The van der Waals surface area contributed by atoms with E-state index in [-0.39, 0.29) is 5.82 Å². The average molecular weight is 320 g/mol. The third kappa shape index (κ3) is 2.62. The van der Waals surface area contributed by atoms with Gasteiger partial charge in [-0.1, -0.05) is 53.5 Å². The van der Waals surface area contributed by atoms with Gasteiger partial charge in [-0.2, -0.15) is 0 Å². The lowest BCUT2D eigenvalue weighted by Crippen LogP contribution is -2.13. The summed E-state index contributed by atoms with van der Waals surface area (Å²) in [6, 6.07) is 15.1. The van der Waals surface area contributed by atoms with Crippen molar-refractivity contribution in [3.63, 3.8) is 0 Å². The summed E-state index contributed by atoms with van der Waals surface area (Å²) in [5.74, 6) is -0.265. The fourth-order valence-electron chi connectivity index (χ4n) is 2.48. The minimum Gasteiger partial charge on any atom is -0.320 e. The van der Waals surface area contributed by atoms with Gasteiger partial charge in [0.1, 0.15) is 5.82 Å². The van der Waals surface area contributed by atoms with Gasteiger partial charge in [-0.15, -0.1) is 0 Å². The maximum Gasteiger partial charge on any atom is 0.131 e. The van der Waals surface area contributed by atoms with Crippen LogP contribution in [0.2, 0.25) is 10.0 Å². The Hall–Kier alpha value is -1.61. The molecular weight excluding hydrogens is 308 g/mol. The molecule has 0 saturated carbocycles. The molecule has 3 rings (SSSR count). The second kappa shape index (κ2) is 5.64. The Labute approximate surface area is 132 Å². The van der Waals surface area contributed by atoms with Crippen molar-refractivity contribution in [3.8, 4) is 0 Å². The summed E-state index contributed by atoms with van der Waals surface area (Å²) in [6.45, 7) is 0. The Morgan fingerprint density at radius 3 is 2.33 bits per heavy atom. The highest BCUT2D eigenvalue weighted by atomic mass is 35.5. The summed E-state index contributed by atoms with van der Waals surface area (Å²) in [4.78, 5) is 0. The second-order valence-corrected chi connectivity index (χ2v) is 5.67.